The molecule has 0 aliphatic rings. The van der Waals surface area contributed by atoms with Crippen molar-refractivity contribution in [3.8, 4) is 5.75 Å². The standard InChI is InChI=1S/C10H12F2O2/c1-6-3-4-8(7(2)13)5-9(6)14-10(11)12/h3-5,7,10,13H,1-2H3/t7-/m1/s1. The lowest BCUT2D eigenvalue weighted by Gasteiger charge is -2.11. The van der Waals surface area contributed by atoms with Crippen LogP contribution < -0.4 is 4.74 Å². The second kappa shape index (κ2) is 4.37. The molecule has 4 heteroatoms. The summed E-state index contributed by atoms with van der Waals surface area (Å²) < 4.78 is 28.2. The molecule has 1 rings (SSSR count). The zero-order chi connectivity index (χ0) is 10.7. The molecule has 0 bridgehead atoms. The Labute approximate surface area is 81.1 Å². The van der Waals surface area contributed by atoms with Crippen molar-refractivity contribution in [3.05, 3.63) is 29.3 Å². The Morgan fingerprint density at radius 2 is 2.00 bits per heavy atom. The van der Waals surface area contributed by atoms with Gasteiger partial charge in [-0.15, -0.1) is 0 Å². The summed E-state index contributed by atoms with van der Waals surface area (Å²) in [7, 11) is 0. The van der Waals surface area contributed by atoms with E-state index in [1.165, 1.54) is 6.07 Å². The van der Waals surface area contributed by atoms with Crippen LogP contribution >= 0.6 is 0 Å². The second-order valence-corrected chi connectivity index (χ2v) is 3.08. The first-order valence-electron chi connectivity index (χ1n) is 4.24. The van der Waals surface area contributed by atoms with E-state index in [4.69, 9.17) is 0 Å². The van der Waals surface area contributed by atoms with Crippen molar-refractivity contribution < 1.29 is 18.6 Å². The Kier molecular flexibility index (Phi) is 3.41. The highest BCUT2D eigenvalue weighted by Gasteiger charge is 2.09. The van der Waals surface area contributed by atoms with Gasteiger partial charge in [0.1, 0.15) is 5.75 Å². The van der Waals surface area contributed by atoms with Crippen LogP contribution in [0.2, 0.25) is 0 Å². The third-order valence-electron chi connectivity index (χ3n) is 1.91. The van der Waals surface area contributed by atoms with Gasteiger partial charge in [-0.1, -0.05) is 12.1 Å². The van der Waals surface area contributed by atoms with Crippen LogP contribution in [0.1, 0.15) is 24.2 Å². The van der Waals surface area contributed by atoms with Crippen LogP contribution in [0.5, 0.6) is 5.75 Å². The lowest BCUT2D eigenvalue weighted by atomic mass is 10.1. The maximum absolute atomic E-state index is 11.9. The molecular formula is C10H12F2O2. The topological polar surface area (TPSA) is 29.5 Å². The Morgan fingerprint density at radius 1 is 1.36 bits per heavy atom. The zero-order valence-corrected chi connectivity index (χ0v) is 8.00. The summed E-state index contributed by atoms with van der Waals surface area (Å²) in [6.07, 6.45) is -0.685. The number of rotatable bonds is 3. The van der Waals surface area contributed by atoms with Crippen molar-refractivity contribution in [2.24, 2.45) is 0 Å². The van der Waals surface area contributed by atoms with Crippen LogP contribution in [0.3, 0.4) is 0 Å². The van der Waals surface area contributed by atoms with Gasteiger partial charge in [0.05, 0.1) is 6.10 Å². The van der Waals surface area contributed by atoms with Crippen molar-refractivity contribution in [1.29, 1.82) is 0 Å². The number of aryl methyl sites for hydroxylation is 1. The highest BCUT2D eigenvalue weighted by Crippen LogP contribution is 2.24. The van der Waals surface area contributed by atoms with E-state index in [1.54, 1.807) is 26.0 Å². The smallest absolute Gasteiger partial charge is 0.387 e. The molecule has 0 radical (unpaired) electrons. The number of aliphatic hydroxyl groups is 1. The van der Waals surface area contributed by atoms with Crippen molar-refractivity contribution in [1.82, 2.24) is 0 Å². The molecular weight excluding hydrogens is 190 g/mol. The van der Waals surface area contributed by atoms with Crippen molar-refractivity contribution in [2.45, 2.75) is 26.6 Å². The molecule has 0 unspecified atom stereocenters. The Morgan fingerprint density at radius 3 is 2.50 bits per heavy atom. The predicted octanol–water partition coefficient (Wildman–Crippen LogP) is 2.65. The highest BCUT2D eigenvalue weighted by molar-refractivity contribution is 5.37. The number of benzene rings is 1. The van der Waals surface area contributed by atoms with E-state index >= 15 is 0 Å². The van der Waals surface area contributed by atoms with E-state index < -0.39 is 12.7 Å². The highest BCUT2D eigenvalue weighted by atomic mass is 19.3. The summed E-state index contributed by atoms with van der Waals surface area (Å²) in [5, 5.41) is 9.23. The maximum atomic E-state index is 11.9. The van der Waals surface area contributed by atoms with E-state index in [-0.39, 0.29) is 5.75 Å². The molecule has 2 nitrogen and oxygen atoms in total. The first-order valence-corrected chi connectivity index (χ1v) is 4.24. The first kappa shape index (κ1) is 10.9. The van der Waals surface area contributed by atoms with Gasteiger partial charge in [-0.05, 0) is 31.0 Å². The summed E-state index contributed by atoms with van der Waals surface area (Å²) in [5.41, 5.74) is 1.18. The molecule has 0 fully saturated rings. The summed E-state index contributed by atoms with van der Waals surface area (Å²) in [5.74, 6) is 0.110. The van der Waals surface area contributed by atoms with E-state index in [0.717, 1.165) is 0 Å². The van der Waals surface area contributed by atoms with Crippen molar-refractivity contribution >= 4 is 0 Å². The average molecular weight is 202 g/mol. The Bertz CT molecular complexity index is 311. The van der Waals surface area contributed by atoms with Crippen LogP contribution in [-0.4, -0.2) is 11.7 Å². The van der Waals surface area contributed by atoms with Gasteiger partial charge in [-0.2, -0.15) is 8.78 Å². The van der Waals surface area contributed by atoms with Crippen LogP contribution in [0.4, 0.5) is 8.78 Å². The van der Waals surface area contributed by atoms with Gasteiger partial charge in [0, 0.05) is 0 Å². The fraction of sp³-hybridized carbons (Fsp3) is 0.400. The first-order chi connectivity index (χ1) is 6.50. The minimum atomic E-state index is -2.84. The summed E-state index contributed by atoms with van der Waals surface area (Å²) in [4.78, 5) is 0. The molecule has 1 atom stereocenters. The number of hydrogen-bond acceptors (Lipinski definition) is 2. The molecule has 0 saturated carbocycles. The molecule has 1 aromatic carbocycles. The fourth-order valence-corrected chi connectivity index (χ4v) is 1.10. The monoisotopic (exact) mass is 202 g/mol. The molecule has 0 saturated heterocycles. The SMILES string of the molecule is Cc1ccc([C@@H](C)O)cc1OC(F)F. The van der Waals surface area contributed by atoms with Gasteiger partial charge in [-0.3, -0.25) is 0 Å². The molecule has 0 aliphatic carbocycles. The van der Waals surface area contributed by atoms with Crippen LogP contribution in [0.25, 0.3) is 0 Å². The van der Waals surface area contributed by atoms with Gasteiger partial charge in [0.25, 0.3) is 0 Å². The van der Waals surface area contributed by atoms with Crippen molar-refractivity contribution in [3.63, 3.8) is 0 Å². The lowest BCUT2D eigenvalue weighted by molar-refractivity contribution is -0.0504. The zero-order valence-electron chi connectivity index (χ0n) is 8.00. The third kappa shape index (κ3) is 2.67. The molecule has 0 aliphatic heterocycles. The number of halogens is 2. The van der Waals surface area contributed by atoms with Crippen LogP contribution in [0, 0.1) is 6.92 Å². The Hall–Kier alpha value is -1.16. The minimum absolute atomic E-state index is 0.110. The Balaban J connectivity index is 2.96. The molecule has 0 aromatic heterocycles. The van der Waals surface area contributed by atoms with E-state index in [9.17, 15) is 13.9 Å². The van der Waals surface area contributed by atoms with Gasteiger partial charge in [0.2, 0.25) is 0 Å². The summed E-state index contributed by atoms with van der Waals surface area (Å²) in [6, 6.07) is 4.74. The number of alkyl halides is 2. The quantitative estimate of drug-likeness (QED) is 0.816. The van der Waals surface area contributed by atoms with Gasteiger partial charge in [0.15, 0.2) is 0 Å². The third-order valence-corrected chi connectivity index (χ3v) is 1.91. The molecule has 0 spiro atoms. The van der Waals surface area contributed by atoms with Crippen molar-refractivity contribution in [2.75, 3.05) is 0 Å². The predicted molar refractivity (Wildman–Crippen MR) is 48.4 cm³/mol. The number of aliphatic hydroxyl groups excluding tert-OH is 1. The number of hydrogen-bond donors (Lipinski definition) is 1. The molecule has 0 heterocycles. The van der Waals surface area contributed by atoms with Gasteiger partial charge < -0.3 is 9.84 Å². The molecule has 1 N–H and O–H groups in total. The molecule has 0 amide bonds. The molecule has 14 heavy (non-hydrogen) atoms. The summed E-state index contributed by atoms with van der Waals surface area (Å²) >= 11 is 0. The molecule has 78 valence electrons. The van der Waals surface area contributed by atoms with Gasteiger partial charge in [-0.25, -0.2) is 0 Å². The van der Waals surface area contributed by atoms with Gasteiger partial charge >= 0.3 is 6.61 Å². The normalized spacial score (nSPS) is 13.0. The van der Waals surface area contributed by atoms with E-state index in [1.807, 2.05) is 0 Å². The summed E-state index contributed by atoms with van der Waals surface area (Å²) in [6.45, 7) is 0.401. The van der Waals surface area contributed by atoms with E-state index in [0.29, 0.717) is 11.1 Å². The van der Waals surface area contributed by atoms with Crippen LogP contribution in [0.15, 0.2) is 18.2 Å². The number of ether oxygens (including phenoxy) is 1. The maximum Gasteiger partial charge on any atom is 0.387 e. The lowest BCUT2D eigenvalue weighted by Crippen LogP contribution is -2.04. The molecule has 1 aromatic rings. The fourth-order valence-electron chi connectivity index (χ4n) is 1.10. The largest absolute Gasteiger partial charge is 0.435 e. The van der Waals surface area contributed by atoms with E-state index in [2.05, 4.69) is 4.74 Å². The average Bonchev–Trinajstić information content (AvgIpc) is 2.07. The second-order valence-electron chi connectivity index (χ2n) is 3.08. The minimum Gasteiger partial charge on any atom is -0.435 e. The van der Waals surface area contributed by atoms with Crippen LogP contribution in [-0.2, 0) is 0 Å².